The van der Waals surface area contributed by atoms with Crippen molar-refractivity contribution in [3.05, 3.63) is 29.6 Å². The molecule has 0 heterocycles. The molecule has 5 heteroatoms. The van der Waals surface area contributed by atoms with E-state index in [4.69, 9.17) is 0 Å². The van der Waals surface area contributed by atoms with Crippen molar-refractivity contribution in [2.75, 3.05) is 18.2 Å². The number of hydrogen-bond donors (Lipinski definition) is 2. The molecule has 1 aromatic rings. The average Bonchev–Trinajstić information content (AvgIpc) is 2.30. The van der Waals surface area contributed by atoms with Gasteiger partial charge in [0.25, 0.3) is 0 Å². The van der Waals surface area contributed by atoms with Gasteiger partial charge < -0.3 is 10.4 Å². The number of carbonyl (C=O) groups excluding carboxylic acids is 1. The maximum absolute atomic E-state index is 13.6. The molecule has 100 valence electrons. The number of halogens is 1. The Morgan fingerprint density at radius 1 is 1.56 bits per heavy atom. The molecule has 0 amide bonds. The second kappa shape index (κ2) is 6.75. The number of ketones is 1. The zero-order valence-electron chi connectivity index (χ0n) is 10.7. The lowest BCUT2D eigenvalue weighted by molar-refractivity contribution is 0.101. The molecule has 0 aliphatic heterocycles. The SMILES string of the molecule is CS[C@@H](CO)[C@@H](C)Nc1cccc(F)c1C(C)=O. The fourth-order valence-corrected chi connectivity index (χ4v) is 2.40. The highest BCUT2D eigenvalue weighted by Gasteiger charge is 2.19. The molecule has 0 aromatic heterocycles. The van der Waals surface area contributed by atoms with Crippen LogP contribution in [0.15, 0.2) is 18.2 Å². The first-order valence-electron chi connectivity index (χ1n) is 5.70. The number of anilines is 1. The molecule has 0 aliphatic carbocycles. The third kappa shape index (κ3) is 3.46. The van der Waals surface area contributed by atoms with Gasteiger partial charge in [-0.05, 0) is 32.2 Å². The van der Waals surface area contributed by atoms with Crippen LogP contribution in [0.4, 0.5) is 10.1 Å². The highest BCUT2D eigenvalue weighted by molar-refractivity contribution is 7.99. The molecular formula is C13H18FNO2S. The van der Waals surface area contributed by atoms with Gasteiger partial charge in [0.1, 0.15) is 5.82 Å². The van der Waals surface area contributed by atoms with E-state index in [1.165, 1.54) is 24.8 Å². The van der Waals surface area contributed by atoms with E-state index in [2.05, 4.69) is 5.32 Å². The molecule has 18 heavy (non-hydrogen) atoms. The summed E-state index contributed by atoms with van der Waals surface area (Å²) in [5, 5.41) is 12.3. The number of hydrogen-bond acceptors (Lipinski definition) is 4. The Hall–Kier alpha value is -1.07. The van der Waals surface area contributed by atoms with E-state index in [-0.39, 0.29) is 29.2 Å². The van der Waals surface area contributed by atoms with Crippen molar-refractivity contribution in [2.24, 2.45) is 0 Å². The van der Waals surface area contributed by atoms with Crippen LogP contribution in [0.2, 0.25) is 0 Å². The van der Waals surface area contributed by atoms with E-state index in [1.807, 2.05) is 13.2 Å². The van der Waals surface area contributed by atoms with Crippen molar-refractivity contribution in [1.82, 2.24) is 0 Å². The molecule has 0 aliphatic rings. The Morgan fingerprint density at radius 3 is 2.72 bits per heavy atom. The summed E-state index contributed by atoms with van der Waals surface area (Å²) < 4.78 is 13.6. The molecule has 1 rings (SSSR count). The predicted octanol–water partition coefficient (Wildman–Crippen LogP) is 2.55. The van der Waals surface area contributed by atoms with Gasteiger partial charge in [-0.2, -0.15) is 11.8 Å². The third-order valence-corrected chi connectivity index (χ3v) is 3.95. The van der Waals surface area contributed by atoms with Crippen molar-refractivity contribution in [2.45, 2.75) is 25.1 Å². The van der Waals surface area contributed by atoms with E-state index < -0.39 is 5.82 Å². The normalized spacial score (nSPS) is 14.1. The van der Waals surface area contributed by atoms with Crippen molar-refractivity contribution in [3.63, 3.8) is 0 Å². The smallest absolute Gasteiger partial charge is 0.164 e. The number of rotatable bonds is 6. The van der Waals surface area contributed by atoms with Gasteiger partial charge in [0.2, 0.25) is 0 Å². The van der Waals surface area contributed by atoms with Crippen LogP contribution in [-0.4, -0.2) is 35.0 Å². The summed E-state index contributed by atoms with van der Waals surface area (Å²) in [4.78, 5) is 11.4. The molecule has 0 fully saturated rings. The van der Waals surface area contributed by atoms with Crippen LogP contribution in [0, 0.1) is 5.82 Å². The van der Waals surface area contributed by atoms with Crippen LogP contribution >= 0.6 is 11.8 Å². The van der Waals surface area contributed by atoms with Crippen LogP contribution in [0.1, 0.15) is 24.2 Å². The summed E-state index contributed by atoms with van der Waals surface area (Å²) in [7, 11) is 0. The number of benzene rings is 1. The summed E-state index contributed by atoms with van der Waals surface area (Å²) in [6.07, 6.45) is 1.90. The molecule has 0 saturated carbocycles. The van der Waals surface area contributed by atoms with E-state index in [9.17, 15) is 14.3 Å². The number of thioether (sulfide) groups is 1. The maximum atomic E-state index is 13.6. The fraction of sp³-hybridized carbons (Fsp3) is 0.462. The molecule has 0 unspecified atom stereocenters. The summed E-state index contributed by atoms with van der Waals surface area (Å²) in [5.41, 5.74) is 0.546. The molecule has 3 nitrogen and oxygen atoms in total. The Bertz CT molecular complexity index is 421. The van der Waals surface area contributed by atoms with Crippen LogP contribution in [0.3, 0.4) is 0 Å². The number of aliphatic hydroxyl groups is 1. The minimum Gasteiger partial charge on any atom is -0.395 e. The first kappa shape index (κ1) is 15.0. The standard InChI is InChI=1S/C13H18FNO2S/c1-8(12(7-16)18-3)15-11-6-4-5-10(14)13(11)9(2)17/h4-6,8,12,15-16H,7H2,1-3H3/t8-,12+/m1/s1. The quantitative estimate of drug-likeness (QED) is 0.781. The van der Waals surface area contributed by atoms with Crippen LogP contribution in [0.5, 0.6) is 0 Å². The lowest BCUT2D eigenvalue weighted by Crippen LogP contribution is -2.31. The molecule has 2 atom stereocenters. The average molecular weight is 271 g/mol. The van der Waals surface area contributed by atoms with Crippen molar-refractivity contribution in [1.29, 1.82) is 0 Å². The molecule has 0 bridgehead atoms. The van der Waals surface area contributed by atoms with Gasteiger partial charge in [0, 0.05) is 17.0 Å². The maximum Gasteiger partial charge on any atom is 0.164 e. The minimum atomic E-state index is -0.524. The Labute approximate surface area is 111 Å². The molecule has 1 aromatic carbocycles. The van der Waals surface area contributed by atoms with E-state index in [1.54, 1.807) is 12.1 Å². The monoisotopic (exact) mass is 271 g/mol. The van der Waals surface area contributed by atoms with Gasteiger partial charge in [-0.1, -0.05) is 6.07 Å². The van der Waals surface area contributed by atoms with Crippen molar-refractivity contribution < 1.29 is 14.3 Å². The van der Waals surface area contributed by atoms with E-state index in [0.29, 0.717) is 5.69 Å². The molecule has 0 saturated heterocycles. The highest BCUT2D eigenvalue weighted by atomic mass is 32.2. The molecule has 0 radical (unpaired) electrons. The minimum absolute atomic E-state index is 0.00641. The second-order valence-electron chi connectivity index (χ2n) is 4.11. The van der Waals surface area contributed by atoms with Gasteiger partial charge in [0.05, 0.1) is 12.2 Å². The Kier molecular flexibility index (Phi) is 5.62. The fourth-order valence-electron chi connectivity index (χ4n) is 1.78. The van der Waals surface area contributed by atoms with Crippen LogP contribution < -0.4 is 5.32 Å². The zero-order chi connectivity index (χ0) is 13.7. The Balaban J connectivity index is 2.97. The predicted molar refractivity (Wildman–Crippen MR) is 73.9 cm³/mol. The summed E-state index contributed by atoms with van der Waals surface area (Å²) in [6.45, 7) is 3.26. The topological polar surface area (TPSA) is 49.3 Å². The van der Waals surface area contributed by atoms with Crippen LogP contribution in [-0.2, 0) is 0 Å². The first-order valence-corrected chi connectivity index (χ1v) is 6.99. The van der Waals surface area contributed by atoms with Crippen molar-refractivity contribution in [3.8, 4) is 0 Å². The summed E-state index contributed by atoms with van der Waals surface area (Å²) >= 11 is 1.52. The van der Waals surface area contributed by atoms with Gasteiger partial charge in [0.15, 0.2) is 5.78 Å². The second-order valence-corrected chi connectivity index (χ2v) is 5.19. The van der Waals surface area contributed by atoms with Gasteiger partial charge in [-0.15, -0.1) is 0 Å². The Morgan fingerprint density at radius 2 is 2.22 bits per heavy atom. The zero-order valence-corrected chi connectivity index (χ0v) is 11.6. The van der Waals surface area contributed by atoms with Gasteiger partial charge in [-0.25, -0.2) is 4.39 Å². The molecular weight excluding hydrogens is 253 g/mol. The van der Waals surface area contributed by atoms with E-state index in [0.717, 1.165) is 0 Å². The van der Waals surface area contributed by atoms with Crippen LogP contribution in [0.25, 0.3) is 0 Å². The molecule has 2 N–H and O–H groups in total. The third-order valence-electron chi connectivity index (χ3n) is 2.79. The number of aliphatic hydroxyl groups excluding tert-OH is 1. The molecule has 0 spiro atoms. The lowest BCUT2D eigenvalue weighted by atomic mass is 10.1. The van der Waals surface area contributed by atoms with E-state index >= 15 is 0 Å². The summed E-state index contributed by atoms with van der Waals surface area (Å²) in [5.74, 6) is -0.836. The van der Waals surface area contributed by atoms with Gasteiger partial charge >= 0.3 is 0 Å². The van der Waals surface area contributed by atoms with Gasteiger partial charge in [-0.3, -0.25) is 4.79 Å². The lowest BCUT2D eigenvalue weighted by Gasteiger charge is -2.23. The highest BCUT2D eigenvalue weighted by Crippen LogP contribution is 2.22. The number of carbonyl (C=O) groups is 1. The first-order chi connectivity index (χ1) is 8.51. The summed E-state index contributed by atoms with van der Waals surface area (Å²) in [6, 6.07) is 4.43. The number of Topliss-reactive ketones (excluding diaryl/α,β-unsaturated/α-hetero) is 1. The largest absolute Gasteiger partial charge is 0.395 e. The number of nitrogens with one attached hydrogen (secondary N) is 1. The van der Waals surface area contributed by atoms with Crippen molar-refractivity contribution >= 4 is 23.2 Å².